The molecule has 0 aromatic carbocycles. The molecule has 0 bridgehead atoms. The van der Waals surface area contributed by atoms with E-state index in [1.165, 1.54) is 57.8 Å². The van der Waals surface area contributed by atoms with E-state index >= 15 is 0 Å². The van der Waals surface area contributed by atoms with Gasteiger partial charge in [-0.25, -0.2) is 0 Å². The lowest BCUT2D eigenvalue weighted by Gasteiger charge is -2.04. The predicted octanol–water partition coefficient (Wildman–Crippen LogP) is 2.80. The molecule has 2 heteroatoms. The van der Waals surface area contributed by atoms with Crippen LogP contribution in [0.2, 0.25) is 0 Å². The molecule has 0 saturated carbocycles. The van der Waals surface area contributed by atoms with Gasteiger partial charge in [0.1, 0.15) is 0 Å². The molecule has 0 radical (unpaired) electrons. The van der Waals surface area contributed by atoms with Gasteiger partial charge in [0.05, 0.1) is 0 Å². The van der Waals surface area contributed by atoms with Gasteiger partial charge >= 0.3 is 0 Å². The molecule has 2 nitrogen and oxygen atoms in total. The second-order valence-corrected chi connectivity index (χ2v) is 4.38. The van der Waals surface area contributed by atoms with E-state index in [1.807, 2.05) is 0 Å². The highest BCUT2D eigenvalue weighted by Gasteiger charge is 1.94. The smallest absolute Gasteiger partial charge is 0.00104 e. The molecule has 0 aromatic heterocycles. The quantitative estimate of drug-likeness (QED) is 0.533. The van der Waals surface area contributed by atoms with E-state index in [0.717, 1.165) is 6.54 Å². The molecule has 0 heterocycles. The SMILES string of the molecule is CC(N)CCCCCCCCCCN. The summed E-state index contributed by atoms with van der Waals surface area (Å²) in [5.74, 6) is 0. The minimum Gasteiger partial charge on any atom is -0.330 e. The van der Waals surface area contributed by atoms with Crippen molar-refractivity contribution in [2.45, 2.75) is 70.8 Å². The predicted molar refractivity (Wildman–Crippen MR) is 64.3 cm³/mol. The largest absolute Gasteiger partial charge is 0.330 e. The summed E-state index contributed by atoms with van der Waals surface area (Å²) in [5.41, 5.74) is 11.1. The fraction of sp³-hybridized carbons (Fsp3) is 1.00. The summed E-state index contributed by atoms with van der Waals surface area (Å²) >= 11 is 0. The van der Waals surface area contributed by atoms with Gasteiger partial charge in [-0.2, -0.15) is 0 Å². The second kappa shape index (κ2) is 11.0. The third-order valence-electron chi connectivity index (χ3n) is 2.61. The molecule has 14 heavy (non-hydrogen) atoms. The van der Waals surface area contributed by atoms with Crippen molar-refractivity contribution in [1.29, 1.82) is 0 Å². The summed E-state index contributed by atoms with van der Waals surface area (Å²) in [6.07, 6.45) is 11.9. The molecule has 0 aliphatic rings. The zero-order valence-electron chi connectivity index (χ0n) is 9.80. The first-order chi connectivity index (χ1) is 6.77. The summed E-state index contributed by atoms with van der Waals surface area (Å²) < 4.78 is 0. The Morgan fingerprint density at radius 1 is 0.786 bits per heavy atom. The first-order valence-corrected chi connectivity index (χ1v) is 6.23. The van der Waals surface area contributed by atoms with Crippen LogP contribution in [0.4, 0.5) is 0 Å². The summed E-state index contributed by atoms with van der Waals surface area (Å²) in [6, 6.07) is 0.388. The minimum absolute atomic E-state index is 0.388. The molecule has 86 valence electrons. The van der Waals surface area contributed by atoms with Gasteiger partial charge in [-0.1, -0.05) is 44.9 Å². The first-order valence-electron chi connectivity index (χ1n) is 6.23. The number of nitrogens with two attached hydrogens (primary N) is 2. The first kappa shape index (κ1) is 13.9. The van der Waals surface area contributed by atoms with E-state index in [2.05, 4.69) is 6.92 Å². The highest BCUT2D eigenvalue weighted by molar-refractivity contribution is 4.53. The average Bonchev–Trinajstić information content (AvgIpc) is 2.15. The lowest BCUT2D eigenvalue weighted by molar-refractivity contribution is 0.539. The second-order valence-electron chi connectivity index (χ2n) is 4.38. The summed E-state index contributed by atoms with van der Waals surface area (Å²) in [5, 5.41) is 0. The maximum absolute atomic E-state index is 5.68. The molecule has 1 unspecified atom stereocenters. The van der Waals surface area contributed by atoms with Crippen LogP contribution in [0.3, 0.4) is 0 Å². The van der Waals surface area contributed by atoms with Crippen LogP contribution in [0.5, 0.6) is 0 Å². The molecular weight excluding hydrogens is 172 g/mol. The van der Waals surface area contributed by atoms with E-state index in [-0.39, 0.29) is 0 Å². The fourth-order valence-electron chi connectivity index (χ4n) is 1.67. The molecule has 0 aliphatic heterocycles. The lowest BCUT2D eigenvalue weighted by atomic mass is 10.1. The molecule has 0 spiro atoms. The van der Waals surface area contributed by atoms with E-state index < -0.39 is 0 Å². The Morgan fingerprint density at radius 3 is 1.64 bits per heavy atom. The van der Waals surface area contributed by atoms with Gasteiger partial charge in [-0.05, 0) is 26.3 Å². The maximum Gasteiger partial charge on any atom is 0.00104 e. The molecule has 0 aromatic rings. The molecule has 4 N–H and O–H groups in total. The van der Waals surface area contributed by atoms with Crippen LogP contribution < -0.4 is 11.5 Å². The van der Waals surface area contributed by atoms with Crippen molar-refractivity contribution in [2.24, 2.45) is 11.5 Å². The highest BCUT2D eigenvalue weighted by atomic mass is 14.6. The van der Waals surface area contributed by atoms with E-state index in [4.69, 9.17) is 11.5 Å². The standard InChI is InChI=1S/C12H28N2/c1-12(14)10-8-6-4-2-3-5-7-9-11-13/h12H,2-11,13-14H2,1H3. The normalized spacial score (nSPS) is 13.1. The van der Waals surface area contributed by atoms with Crippen LogP contribution in [-0.4, -0.2) is 12.6 Å². The molecule has 0 aliphatic carbocycles. The van der Waals surface area contributed by atoms with Crippen molar-refractivity contribution in [3.63, 3.8) is 0 Å². The summed E-state index contributed by atoms with van der Waals surface area (Å²) in [7, 11) is 0. The van der Waals surface area contributed by atoms with Gasteiger partial charge in [0.25, 0.3) is 0 Å². The minimum atomic E-state index is 0.388. The van der Waals surface area contributed by atoms with Crippen LogP contribution >= 0.6 is 0 Å². The van der Waals surface area contributed by atoms with Crippen LogP contribution in [0.15, 0.2) is 0 Å². The van der Waals surface area contributed by atoms with Crippen LogP contribution in [0.1, 0.15) is 64.7 Å². The molecule has 0 rings (SSSR count). The Labute approximate surface area is 89.4 Å². The maximum atomic E-state index is 5.68. The highest BCUT2D eigenvalue weighted by Crippen LogP contribution is 2.09. The topological polar surface area (TPSA) is 52.0 Å². The summed E-state index contributed by atoms with van der Waals surface area (Å²) in [4.78, 5) is 0. The Hall–Kier alpha value is -0.0800. The molecule has 0 amide bonds. The van der Waals surface area contributed by atoms with Crippen molar-refractivity contribution in [1.82, 2.24) is 0 Å². The zero-order chi connectivity index (χ0) is 10.6. The van der Waals surface area contributed by atoms with E-state index in [9.17, 15) is 0 Å². The van der Waals surface area contributed by atoms with Gasteiger partial charge in [0.2, 0.25) is 0 Å². The van der Waals surface area contributed by atoms with Crippen LogP contribution in [0, 0.1) is 0 Å². The monoisotopic (exact) mass is 200 g/mol. The Morgan fingerprint density at radius 2 is 1.21 bits per heavy atom. The fourth-order valence-corrected chi connectivity index (χ4v) is 1.67. The average molecular weight is 200 g/mol. The number of hydrogen-bond acceptors (Lipinski definition) is 2. The van der Waals surface area contributed by atoms with Gasteiger partial charge in [0, 0.05) is 6.04 Å². The van der Waals surface area contributed by atoms with Gasteiger partial charge in [-0.3, -0.25) is 0 Å². The lowest BCUT2D eigenvalue weighted by Crippen LogP contribution is -2.13. The summed E-state index contributed by atoms with van der Waals surface area (Å²) in [6.45, 7) is 2.95. The third-order valence-corrected chi connectivity index (χ3v) is 2.61. The van der Waals surface area contributed by atoms with E-state index in [1.54, 1.807) is 0 Å². The molecule has 0 saturated heterocycles. The van der Waals surface area contributed by atoms with E-state index in [0.29, 0.717) is 6.04 Å². The van der Waals surface area contributed by atoms with Crippen molar-refractivity contribution in [3.8, 4) is 0 Å². The van der Waals surface area contributed by atoms with Crippen molar-refractivity contribution < 1.29 is 0 Å². The Bertz CT molecular complexity index is 102. The van der Waals surface area contributed by atoms with Gasteiger partial charge in [-0.15, -0.1) is 0 Å². The molecule has 1 atom stereocenters. The zero-order valence-corrected chi connectivity index (χ0v) is 9.80. The van der Waals surface area contributed by atoms with Crippen molar-refractivity contribution in [3.05, 3.63) is 0 Å². The number of unbranched alkanes of at least 4 members (excludes halogenated alkanes) is 7. The Balaban J connectivity index is 2.85. The molecule has 0 fully saturated rings. The van der Waals surface area contributed by atoms with Gasteiger partial charge < -0.3 is 11.5 Å². The Kier molecular flexibility index (Phi) is 10.9. The van der Waals surface area contributed by atoms with Crippen LogP contribution in [-0.2, 0) is 0 Å². The van der Waals surface area contributed by atoms with Crippen molar-refractivity contribution >= 4 is 0 Å². The van der Waals surface area contributed by atoms with Crippen LogP contribution in [0.25, 0.3) is 0 Å². The van der Waals surface area contributed by atoms with Crippen molar-refractivity contribution in [2.75, 3.05) is 6.54 Å². The number of hydrogen-bond donors (Lipinski definition) is 2. The molecular formula is C12H28N2. The van der Waals surface area contributed by atoms with Gasteiger partial charge in [0.15, 0.2) is 0 Å². The number of rotatable bonds is 10. The third kappa shape index (κ3) is 11.9.